The highest BCUT2D eigenvalue weighted by Gasteiger charge is 2.35. The Hall–Kier alpha value is -4.01. The van der Waals surface area contributed by atoms with Crippen molar-refractivity contribution in [2.24, 2.45) is 0 Å². The molecule has 1 unspecified atom stereocenters. The van der Waals surface area contributed by atoms with Crippen LogP contribution in [0.4, 0.5) is 5.69 Å². The molecule has 190 valence electrons. The van der Waals surface area contributed by atoms with Crippen molar-refractivity contribution < 1.29 is 14.1 Å². The molecule has 0 spiro atoms. The maximum absolute atomic E-state index is 12.8. The summed E-state index contributed by atoms with van der Waals surface area (Å²) in [5.41, 5.74) is 5.84. The molecule has 2 aliphatic rings. The first-order valence-corrected chi connectivity index (χ1v) is 12.9. The lowest BCUT2D eigenvalue weighted by molar-refractivity contribution is -0.130. The van der Waals surface area contributed by atoms with Gasteiger partial charge in [-0.05, 0) is 68.1 Å². The summed E-state index contributed by atoms with van der Waals surface area (Å²) in [5, 5.41) is 4.20. The molecule has 4 heterocycles. The van der Waals surface area contributed by atoms with Gasteiger partial charge in [-0.15, -0.1) is 0 Å². The summed E-state index contributed by atoms with van der Waals surface area (Å²) in [5.74, 6) is 1.07. The first-order valence-electron chi connectivity index (χ1n) is 12.9. The van der Waals surface area contributed by atoms with Gasteiger partial charge < -0.3 is 18.9 Å². The van der Waals surface area contributed by atoms with Crippen molar-refractivity contribution in [3.05, 3.63) is 59.7 Å². The average Bonchev–Trinajstić information content (AvgIpc) is 3.70. The number of imidazole rings is 1. The van der Waals surface area contributed by atoms with Gasteiger partial charge in [0.25, 0.3) is 0 Å². The van der Waals surface area contributed by atoms with Crippen LogP contribution in [0.15, 0.2) is 47.2 Å². The van der Waals surface area contributed by atoms with E-state index in [1.165, 1.54) is 5.56 Å². The summed E-state index contributed by atoms with van der Waals surface area (Å²) in [6.45, 7) is 6.98. The molecule has 9 heteroatoms. The monoisotopic (exact) mass is 498 g/mol. The Balaban J connectivity index is 1.15. The Morgan fingerprint density at radius 1 is 1.08 bits per heavy atom. The Morgan fingerprint density at radius 2 is 1.92 bits per heavy atom. The molecule has 1 atom stereocenters. The number of benzene rings is 2. The highest BCUT2D eigenvalue weighted by molar-refractivity contribution is 5.96. The van der Waals surface area contributed by atoms with Crippen LogP contribution in [0.3, 0.4) is 0 Å². The van der Waals surface area contributed by atoms with Gasteiger partial charge in [0.15, 0.2) is 0 Å². The number of likely N-dealkylation sites (tertiary alicyclic amines) is 1. The van der Waals surface area contributed by atoms with Crippen molar-refractivity contribution >= 4 is 28.5 Å². The van der Waals surface area contributed by atoms with E-state index in [0.717, 1.165) is 53.8 Å². The van der Waals surface area contributed by atoms with Crippen LogP contribution in [0.2, 0.25) is 0 Å². The van der Waals surface area contributed by atoms with Crippen molar-refractivity contribution in [1.82, 2.24) is 24.6 Å². The zero-order chi connectivity index (χ0) is 25.5. The molecule has 2 aromatic carbocycles. The highest BCUT2D eigenvalue weighted by Crippen LogP contribution is 2.33. The quantitative estimate of drug-likeness (QED) is 0.395. The van der Waals surface area contributed by atoms with Gasteiger partial charge in [-0.1, -0.05) is 11.2 Å². The second kappa shape index (κ2) is 9.46. The van der Waals surface area contributed by atoms with Crippen molar-refractivity contribution in [2.45, 2.75) is 52.0 Å². The molecule has 2 fully saturated rings. The van der Waals surface area contributed by atoms with Crippen molar-refractivity contribution in [2.75, 3.05) is 24.5 Å². The minimum absolute atomic E-state index is 0.0585. The topological polar surface area (TPSA) is 97.4 Å². The number of amides is 2. The molecule has 37 heavy (non-hydrogen) atoms. The van der Waals surface area contributed by atoms with E-state index >= 15 is 0 Å². The van der Waals surface area contributed by atoms with E-state index in [1.807, 2.05) is 45.9 Å². The number of rotatable bonds is 6. The molecule has 0 bridgehead atoms. The number of hydrogen-bond donors (Lipinski definition) is 0. The van der Waals surface area contributed by atoms with E-state index in [0.29, 0.717) is 37.6 Å². The van der Waals surface area contributed by atoms with Crippen LogP contribution in [-0.2, 0) is 16.1 Å². The van der Waals surface area contributed by atoms with Gasteiger partial charge in [0.2, 0.25) is 23.5 Å². The van der Waals surface area contributed by atoms with E-state index < -0.39 is 0 Å². The van der Waals surface area contributed by atoms with E-state index in [4.69, 9.17) is 4.52 Å². The van der Waals surface area contributed by atoms with Gasteiger partial charge in [-0.25, -0.2) is 4.98 Å². The highest BCUT2D eigenvalue weighted by atomic mass is 16.5. The van der Waals surface area contributed by atoms with Gasteiger partial charge in [0.1, 0.15) is 0 Å². The number of fused-ring (bicyclic) bond motifs is 1. The summed E-state index contributed by atoms with van der Waals surface area (Å²) in [7, 11) is 0. The third-order valence-corrected chi connectivity index (χ3v) is 7.62. The van der Waals surface area contributed by atoms with Crippen LogP contribution in [0.1, 0.15) is 48.6 Å². The van der Waals surface area contributed by atoms with Crippen molar-refractivity contribution in [3.63, 3.8) is 0 Å². The Morgan fingerprint density at radius 3 is 2.73 bits per heavy atom. The summed E-state index contributed by atoms with van der Waals surface area (Å²) in [6.07, 6.45) is 4.79. The molecule has 4 aromatic rings. The minimum atomic E-state index is -0.147. The first-order chi connectivity index (χ1) is 18.0. The number of carbonyl (C=O) groups excluding carboxylic acids is 2. The number of aromatic nitrogens is 4. The maximum atomic E-state index is 12.8. The lowest BCUT2D eigenvalue weighted by Gasteiger charge is -2.17. The van der Waals surface area contributed by atoms with E-state index in [1.54, 1.807) is 11.2 Å². The van der Waals surface area contributed by atoms with Crippen LogP contribution < -0.4 is 4.90 Å². The van der Waals surface area contributed by atoms with Gasteiger partial charge >= 0.3 is 0 Å². The standard InChI is InChI=1S/C28H30N6O3/c1-18-5-7-22(13-19(18)2)34-16-21(15-26(34)36)28-30-27(31-37-28)20-6-8-24-23(14-20)29-17-33(24)12-9-25(35)32-10-3-4-11-32/h5-8,13-14,17,21H,3-4,9-12,15-16H2,1-2H3. The average molecular weight is 499 g/mol. The van der Waals surface area contributed by atoms with E-state index in [2.05, 4.69) is 29.0 Å². The summed E-state index contributed by atoms with van der Waals surface area (Å²) in [4.78, 5) is 38.1. The fourth-order valence-electron chi connectivity index (χ4n) is 5.26. The summed E-state index contributed by atoms with van der Waals surface area (Å²) >= 11 is 0. The van der Waals surface area contributed by atoms with Crippen LogP contribution in [-0.4, -0.2) is 56.0 Å². The SMILES string of the molecule is Cc1ccc(N2CC(c3nc(-c4ccc5c(c4)ncn5CCC(=O)N4CCCC4)no3)CC2=O)cc1C. The van der Waals surface area contributed by atoms with Gasteiger partial charge in [0.05, 0.1) is 23.3 Å². The fraction of sp³-hybridized carbons (Fsp3) is 0.393. The Labute approximate surface area is 215 Å². The smallest absolute Gasteiger partial charge is 0.232 e. The molecule has 9 nitrogen and oxygen atoms in total. The zero-order valence-corrected chi connectivity index (χ0v) is 21.2. The first kappa shape index (κ1) is 23.4. The molecule has 2 aromatic heterocycles. The normalized spacial score (nSPS) is 17.9. The largest absolute Gasteiger partial charge is 0.343 e. The van der Waals surface area contributed by atoms with Gasteiger partial charge in [-0.3, -0.25) is 9.59 Å². The molecule has 2 amide bonds. The Bertz CT molecular complexity index is 1480. The molecule has 0 radical (unpaired) electrons. The number of nitrogens with zero attached hydrogens (tertiary/aromatic N) is 6. The van der Waals surface area contributed by atoms with Crippen molar-refractivity contribution in [1.29, 1.82) is 0 Å². The second-order valence-electron chi connectivity index (χ2n) is 10.1. The van der Waals surface area contributed by atoms with Gasteiger partial charge in [-0.2, -0.15) is 4.98 Å². The predicted octanol–water partition coefficient (Wildman–Crippen LogP) is 4.24. The molecular weight excluding hydrogens is 468 g/mol. The molecule has 6 rings (SSSR count). The summed E-state index contributed by atoms with van der Waals surface area (Å²) in [6, 6.07) is 11.9. The minimum Gasteiger partial charge on any atom is -0.343 e. The Kier molecular flexibility index (Phi) is 5.98. The fourth-order valence-corrected chi connectivity index (χ4v) is 5.26. The number of hydrogen-bond acceptors (Lipinski definition) is 6. The number of carbonyl (C=O) groups is 2. The van der Waals surface area contributed by atoms with Crippen LogP contribution in [0.25, 0.3) is 22.4 Å². The maximum Gasteiger partial charge on any atom is 0.232 e. The second-order valence-corrected chi connectivity index (χ2v) is 10.1. The third kappa shape index (κ3) is 4.50. The molecular formula is C28H30N6O3. The van der Waals surface area contributed by atoms with Crippen LogP contribution in [0, 0.1) is 13.8 Å². The molecule has 0 N–H and O–H groups in total. The summed E-state index contributed by atoms with van der Waals surface area (Å²) < 4.78 is 7.62. The van der Waals surface area contributed by atoms with Crippen LogP contribution >= 0.6 is 0 Å². The molecule has 2 saturated heterocycles. The van der Waals surface area contributed by atoms with Crippen molar-refractivity contribution in [3.8, 4) is 11.4 Å². The lowest BCUT2D eigenvalue weighted by Crippen LogP contribution is -2.28. The third-order valence-electron chi connectivity index (χ3n) is 7.62. The predicted molar refractivity (Wildman–Crippen MR) is 139 cm³/mol. The van der Waals surface area contributed by atoms with E-state index in [9.17, 15) is 9.59 Å². The van der Waals surface area contributed by atoms with Crippen LogP contribution in [0.5, 0.6) is 0 Å². The molecule has 0 aliphatic carbocycles. The number of aryl methyl sites for hydroxylation is 3. The molecule has 0 saturated carbocycles. The zero-order valence-electron chi connectivity index (χ0n) is 21.2. The lowest BCUT2D eigenvalue weighted by atomic mass is 10.1. The van der Waals surface area contributed by atoms with Gasteiger partial charge in [0, 0.05) is 50.3 Å². The molecule has 2 aliphatic heterocycles. The van der Waals surface area contributed by atoms with E-state index in [-0.39, 0.29) is 17.7 Å². The number of anilines is 1.